The van der Waals surface area contributed by atoms with Crippen LogP contribution in [-0.4, -0.2) is 43.3 Å². The lowest BCUT2D eigenvalue weighted by Crippen LogP contribution is -2.31. The van der Waals surface area contributed by atoms with E-state index in [2.05, 4.69) is 15.2 Å². The molecular formula is C16H19F3N6O2. The van der Waals surface area contributed by atoms with Gasteiger partial charge in [-0.1, -0.05) is 0 Å². The van der Waals surface area contributed by atoms with Gasteiger partial charge in [-0.15, -0.1) is 5.10 Å². The van der Waals surface area contributed by atoms with Gasteiger partial charge in [0.25, 0.3) is 0 Å². The molecule has 0 fully saturated rings. The minimum absolute atomic E-state index is 0.0719. The summed E-state index contributed by atoms with van der Waals surface area (Å²) >= 11 is 0. The molecule has 0 amide bonds. The Labute approximate surface area is 152 Å². The highest BCUT2D eigenvalue weighted by Crippen LogP contribution is 2.36. The van der Waals surface area contributed by atoms with E-state index in [-0.39, 0.29) is 23.6 Å². The maximum atomic E-state index is 13.0. The molecular weight excluding hydrogens is 365 g/mol. The molecule has 3 aromatic rings. The van der Waals surface area contributed by atoms with Crippen LogP contribution in [0.3, 0.4) is 0 Å². The fourth-order valence-corrected chi connectivity index (χ4v) is 2.52. The van der Waals surface area contributed by atoms with E-state index in [1.807, 2.05) is 13.8 Å². The molecule has 0 bridgehead atoms. The molecule has 27 heavy (non-hydrogen) atoms. The highest BCUT2D eigenvalue weighted by molar-refractivity contribution is 5.77. The number of fused-ring (bicyclic) bond motifs is 1. The van der Waals surface area contributed by atoms with Crippen molar-refractivity contribution >= 4 is 11.6 Å². The first-order chi connectivity index (χ1) is 12.7. The van der Waals surface area contributed by atoms with Gasteiger partial charge < -0.3 is 15.2 Å². The number of ether oxygens (including phenoxy) is 2. The first-order valence-corrected chi connectivity index (χ1v) is 8.25. The number of nitrogen functional groups attached to an aromatic ring is 1. The quantitative estimate of drug-likeness (QED) is 0.702. The Morgan fingerprint density at radius 1 is 1.30 bits per heavy atom. The number of hydrogen-bond acceptors (Lipinski definition) is 6. The molecule has 3 aromatic heterocycles. The molecule has 0 spiro atoms. The third-order valence-electron chi connectivity index (χ3n) is 3.93. The number of nitrogens with zero attached hydrogens (tertiary/aromatic N) is 5. The van der Waals surface area contributed by atoms with E-state index in [1.54, 1.807) is 23.1 Å². The molecule has 0 saturated carbocycles. The zero-order valence-corrected chi connectivity index (χ0v) is 14.9. The Morgan fingerprint density at radius 2 is 2.04 bits per heavy atom. The molecule has 0 aliphatic heterocycles. The molecule has 2 atom stereocenters. The van der Waals surface area contributed by atoms with E-state index in [9.17, 15) is 13.2 Å². The van der Waals surface area contributed by atoms with Crippen LogP contribution in [0.2, 0.25) is 0 Å². The van der Waals surface area contributed by atoms with Crippen molar-refractivity contribution in [1.82, 2.24) is 24.4 Å². The van der Waals surface area contributed by atoms with Gasteiger partial charge >= 0.3 is 6.18 Å². The Morgan fingerprint density at radius 3 is 2.70 bits per heavy atom. The van der Waals surface area contributed by atoms with Crippen LogP contribution in [-0.2, 0) is 4.74 Å². The van der Waals surface area contributed by atoms with Gasteiger partial charge in [-0.05, 0) is 26.8 Å². The summed E-state index contributed by atoms with van der Waals surface area (Å²) in [5.41, 5.74) is 6.62. The number of alkyl halides is 3. The molecule has 3 rings (SSSR count). The van der Waals surface area contributed by atoms with Crippen molar-refractivity contribution in [3.63, 3.8) is 0 Å². The number of nitrogens with two attached hydrogens (primary N) is 1. The predicted molar refractivity (Wildman–Crippen MR) is 91.1 cm³/mol. The number of aromatic nitrogens is 5. The molecule has 0 saturated heterocycles. The minimum atomic E-state index is -4.54. The van der Waals surface area contributed by atoms with Crippen LogP contribution in [0.25, 0.3) is 16.8 Å². The Hall–Kier alpha value is -2.82. The Balaban J connectivity index is 2.08. The van der Waals surface area contributed by atoms with Crippen LogP contribution in [0, 0.1) is 0 Å². The van der Waals surface area contributed by atoms with Crippen LogP contribution in [0.1, 0.15) is 27.0 Å². The van der Waals surface area contributed by atoms with Crippen molar-refractivity contribution in [1.29, 1.82) is 0 Å². The fraction of sp³-hybridized carbons (Fsp3) is 0.438. The van der Waals surface area contributed by atoms with Crippen molar-refractivity contribution in [3.05, 3.63) is 24.7 Å². The molecule has 0 radical (unpaired) electrons. The van der Waals surface area contributed by atoms with Gasteiger partial charge in [0.15, 0.2) is 17.5 Å². The van der Waals surface area contributed by atoms with E-state index >= 15 is 0 Å². The number of pyridine rings is 1. The number of halogens is 3. The first kappa shape index (κ1) is 19.0. The monoisotopic (exact) mass is 384 g/mol. The van der Waals surface area contributed by atoms with Crippen LogP contribution in [0.5, 0.6) is 5.75 Å². The summed E-state index contributed by atoms with van der Waals surface area (Å²) in [6.45, 7) is 5.09. The van der Waals surface area contributed by atoms with Crippen molar-refractivity contribution in [2.75, 3.05) is 12.3 Å². The van der Waals surface area contributed by atoms with Gasteiger partial charge in [0.1, 0.15) is 6.23 Å². The van der Waals surface area contributed by atoms with E-state index in [0.29, 0.717) is 17.7 Å². The Bertz CT molecular complexity index is 936. The average molecular weight is 384 g/mol. The molecule has 0 aliphatic rings. The molecule has 0 aromatic carbocycles. The van der Waals surface area contributed by atoms with Gasteiger partial charge in [-0.25, -0.2) is 9.20 Å². The smallest absolute Gasteiger partial charge is 0.425 e. The van der Waals surface area contributed by atoms with Gasteiger partial charge in [-0.3, -0.25) is 0 Å². The summed E-state index contributed by atoms with van der Waals surface area (Å²) in [6, 6.07) is 1.58. The van der Waals surface area contributed by atoms with Gasteiger partial charge in [0.05, 0.1) is 6.20 Å². The van der Waals surface area contributed by atoms with E-state index in [0.717, 1.165) is 6.92 Å². The standard InChI is InChI=1S/C16H19F3N6O2/c1-4-26-10(3)25-8-11(7-21-25)12-5-6-24-14(22-15(20)23-24)13(12)27-9(2)16(17,18)19/h5-10H,4H2,1-3H3,(H2,20,23). The normalized spacial score (nSPS) is 14.4. The second kappa shape index (κ2) is 7.06. The van der Waals surface area contributed by atoms with E-state index in [1.165, 1.54) is 10.7 Å². The third-order valence-corrected chi connectivity index (χ3v) is 3.93. The van der Waals surface area contributed by atoms with Crippen LogP contribution < -0.4 is 10.5 Å². The predicted octanol–water partition coefficient (Wildman–Crippen LogP) is 3.06. The molecule has 11 heteroatoms. The van der Waals surface area contributed by atoms with Crippen LogP contribution in [0.15, 0.2) is 24.7 Å². The summed E-state index contributed by atoms with van der Waals surface area (Å²) in [5.74, 6) is -0.146. The summed E-state index contributed by atoms with van der Waals surface area (Å²) in [4.78, 5) is 3.99. The zero-order chi connectivity index (χ0) is 19.8. The molecule has 3 heterocycles. The lowest BCUT2D eigenvalue weighted by molar-refractivity contribution is -0.188. The number of anilines is 1. The lowest BCUT2D eigenvalue weighted by atomic mass is 10.1. The van der Waals surface area contributed by atoms with Gasteiger partial charge in [-0.2, -0.15) is 23.3 Å². The summed E-state index contributed by atoms with van der Waals surface area (Å²) in [7, 11) is 0. The van der Waals surface area contributed by atoms with Crippen molar-refractivity contribution in [2.45, 2.75) is 39.3 Å². The third kappa shape index (κ3) is 3.82. The van der Waals surface area contributed by atoms with Crippen LogP contribution in [0.4, 0.5) is 19.1 Å². The molecule has 2 N–H and O–H groups in total. The van der Waals surface area contributed by atoms with E-state index in [4.69, 9.17) is 15.2 Å². The maximum absolute atomic E-state index is 13.0. The van der Waals surface area contributed by atoms with Crippen molar-refractivity contribution in [3.8, 4) is 16.9 Å². The van der Waals surface area contributed by atoms with Crippen LogP contribution >= 0.6 is 0 Å². The van der Waals surface area contributed by atoms with Gasteiger partial charge in [0.2, 0.25) is 5.95 Å². The maximum Gasteiger partial charge on any atom is 0.425 e. The van der Waals surface area contributed by atoms with Gasteiger partial charge in [0, 0.05) is 30.1 Å². The minimum Gasteiger partial charge on any atom is -0.477 e. The van der Waals surface area contributed by atoms with Crippen molar-refractivity contribution in [2.24, 2.45) is 0 Å². The van der Waals surface area contributed by atoms with E-state index < -0.39 is 12.3 Å². The molecule has 8 nitrogen and oxygen atoms in total. The molecule has 0 aliphatic carbocycles. The topological polar surface area (TPSA) is 92.5 Å². The Kier molecular flexibility index (Phi) is 4.96. The summed E-state index contributed by atoms with van der Waals surface area (Å²) in [5, 5.41) is 8.13. The first-order valence-electron chi connectivity index (χ1n) is 8.25. The second-order valence-electron chi connectivity index (χ2n) is 5.86. The summed E-state index contributed by atoms with van der Waals surface area (Å²) in [6.07, 6.45) is -2.18. The average Bonchev–Trinajstić information content (AvgIpc) is 3.20. The number of rotatable bonds is 6. The van der Waals surface area contributed by atoms with Crippen molar-refractivity contribution < 1.29 is 22.6 Å². The lowest BCUT2D eigenvalue weighted by Gasteiger charge is -2.19. The fourth-order valence-electron chi connectivity index (χ4n) is 2.52. The number of hydrogen-bond donors (Lipinski definition) is 1. The SMILES string of the molecule is CCOC(C)n1cc(-c2ccn3nc(N)nc3c2OC(C)C(F)(F)F)cn1. The highest BCUT2D eigenvalue weighted by Gasteiger charge is 2.39. The molecule has 2 unspecified atom stereocenters. The highest BCUT2D eigenvalue weighted by atomic mass is 19.4. The molecule has 146 valence electrons. The summed E-state index contributed by atoms with van der Waals surface area (Å²) < 4.78 is 52.7. The largest absolute Gasteiger partial charge is 0.477 e. The zero-order valence-electron chi connectivity index (χ0n) is 14.9. The second-order valence-corrected chi connectivity index (χ2v) is 5.86.